The standard InChI is InChI=1S/C16H30N2O3/c1-4-5-6-8-16(2,3)12-17-15(21)18-9-7-13(11-18)10-14(19)20/h13H,4-12H2,1-3H3,(H,17,21)(H,19,20). The molecule has 1 heterocycles. The predicted octanol–water partition coefficient (Wildman–Crippen LogP) is 3.10. The maximum absolute atomic E-state index is 12.1. The van der Waals surface area contributed by atoms with Gasteiger partial charge < -0.3 is 15.3 Å². The molecule has 1 saturated heterocycles. The van der Waals surface area contributed by atoms with Gasteiger partial charge in [-0.15, -0.1) is 0 Å². The number of unbranched alkanes of at least 4 members (excludes halogenated alkanes) is 2. The van der Waals surface area contributed by atoms with Crippen LogP contribution in [-0.2, 0) is 4.79 Å². The molecular formula is C16H30N2O3. The molecule has 2 amide bonds. The number of carbonyl (C=O) groups is 2. The van der Waals surface area contributed by atoms with Crippen LogP contribution in [0.3, 0.4) is 0 Å². The van der Waals surface area contributed by atoms with Gasteiger partial charge in [0.15, 0.2) is 0 Å². The van der Waals surface area contributed by atoms with E-state index < -0.39 is 5.97 Å². The lowest BCUT2D eigenvalue weighted by molar-refractivity contribution is -0.138. The fourth-order valence-corrected chi connectivity index (χ4v) is 2.80. The number of rotatable bonds is 8. The molecule has 0 aromatic heterocycles. The molecule has 5 nitrogen and oxygen atoms in total. The van der Waals surface area contributed by atoms with E-state index in [4.69, 9.17) is 5.11 Å². The van der Waals surface area contributed by atoms with Crippen LogP contribution in [0.25, 0.3) is 0 Å². The zero-order valence-corrected chi connectivity index (χ0v) is 13.7. The van der Waals surface area contributed by atoms with E-state index in [2.05, 4.69) is 26.1 Å². The first-order chi connectivity index (χ1) is 9.84. The Hall–Kier alpha value is -1.26. The second-order valence-corrected chi connectivity index (χ2v) is 6.98. The van der Waals surface area contributed by atoms with E-state index in [1.54, 1.807) is 4.90 Å². The summed E-state index contributed by atoms with van der Waals surface area (Å²) in [5.41, 5.74) is 0.116. The minimum atomic E-state index is -0.778. The van der Waals surface area contributed by atoms with Crippen molar-refractivity contribution in [3.05, 3.63) is 0 Å². The number of nitrogens with one attached hydrogen (secondary N) is 1. The van der Waals surface area contributed by atoms with Gasteiger partial charge in [0.25, 0.3) is 0 Å². The monoisotopic (exact) mass is 298 g/mol. The maximum Gasteiger partial charge on any atom is 0.317 e. The SMILES string of the molecule is CCCCCC(C)(C)CNC(=O)N1CCC(CC(=O)O)C1. The van der Waals surface area contributed by atoms with Gasteiger partial charge in [-0.1, -0.05) is 40.0 Å². The molecule has 0 bridgehead atoms. The smallest absolute Gasteiger partial charge is 0.317 e. The summed E-state index contributed by atoms with van der Waals surface area (Å²) < 4.78 is 0. The van der Waals surface area contributed by atoms with Crippen LogP contribution in [-0.4, -0.2) is 41.6 Å². The average Bonchev–Trinajstić information content (AvgIpc) is 2.84. The molecule has 1 aliphatic rings. The molecule has 0 aromatic carbocycles. The van der Waals surface area contributed by atoms with Crippen LogP contribution >= 0.6 is 0 Å². The second-order valence-electron chi connectivity index (χ2n) is 6.98. The number of nitrogens with zero attached hydrogens (tertiary/aromatic N) is 1. The number of aliphatic carboxylic acids is 1. The van der Waals surface area contributed by atoms with E-state index in [1.807, 2.05) is 0 Å². The summed E-state index contributed by atoms with van der Waals surface area (Å²) in [6.45, 7) is 8.46. The summed E-state index contributed by atoms with van der Waals surface area (Å²) >= 11 is 0. The third-order valence-corrected chi connectivity index (χ3v) is 4.21. The molecule has 1 atom stereocenters. The molecule has 122 valence electrons. The summed E-state index contributed by atoms with van der Waals surface area (Å²) in [6, 6.07) is -0.0496. The van der Waals surface area contributed by atoms with Crippen LogP contribution in [0.4, 0.5) is 4.79 Å². The highest BCUT2D eigenvalue weighted by Crippen LogP contribution is 2.23. The summed E-state index contributed by atoms with van der Waals surface area (Å²) in [4.78, 5) is 24.6. The number of amides is 2. The molecule has 1 unspecified atom stereocenters. The molecule has 2 N–H and O–H groups in total. The first-order valence-corrected chi connectivity index (χ1v) is 8.08. The Kier molecular flexibility index (Phi) is 6.99. The van der Waals surface area contributed by atoms with Gasteiger partial charge in [-0.2, -0.15) is 0 Å². The topological polar surface area (TPSA) is 69.6 Å². The van der Waals surface area contributed by atoms with Crippen molar-refractivity contribution in [2.24, 2.45) is 11.3 Å². The molecule has 0 aromatic rings. The lowest BCUT2D eigenvalue weighted by Crippen LogP contribution is -2.42. The Balaban J connectivity index is 2.29. The zero-order valence-electron chi connectivity index (χ0n) is 13.7. The largest absolute Gasteiger partial charge is 0.481 e. The van der Waals surface area contributed by atoms with Crippen LogP contribution in [0, 0.1) is 11.3 Å². The number of urea groups is 1. The van der Waals surface area contributed by atoms with Gasteiger partial charge in [-0.25, -0.2) is 4.79 Å². The van der Waals surface area contributed by atoms with Gasteiger partial charge in [0, 0.05) is 26.1 Å². The van der Waals surface area contributed by atoms with Crippen molar-refractivity contribution >= 4 is 12.0 Å². The zero-order chi connectivity index (χ0) is 15.9. The molecule has 1 aliphatic heterocycles. The van der Waals surface area contributed by atoms with Crippen molar-refractivity contribution in [3.8, 4) is 0 Å². The number of carboxylic acids is 1. The third-order valence-electron chi connectivity index (χ3n) is 4.21. The Bertz CT molecular complexity index is 355. The predicted molar refractivity (Wildman–Crippen MR) is 83.3 cm³/mol. The van der Waals surface area contributed by atoms with Crippen LogP contribution < -0.4 is 5.32 Å². The summed E-state index contributed by atoms with van der Waals surface area (Å²) in [5.74, 6) is -0.676. The van der Waals surface area contributed by atoms with Crippen molar-refractivity contribution in [2.45, 2.75) is 59.3 Å². The van der Waals surface area contributed by atoms with Crippen LogP contribution in [0.15, 0.2) is 0 Å². The number of likely N-dealkylation sites (tertiary alicyclic amines) is 1. The number of hydrogen-bond donors (Lipinski definition) is 2. The third kappa shape index (κ3) is 6.82. The van der Waals surface area contributed by atoms with E-state index in [9.17, 15) is 9.59 Å². The first kappa shape index (κ1) is 17.8. The Morgan fingerprint density at radius 3 is 2.67 bits per heavy atom. The minimum Gasteiger partial charge on any atom is -0.481 e. The van der Waals surface area contributed by atoms with E-state index >= 15 is 0 Å². The maximum atomic E-state index is 12.1. The molecule has 0 saturated carbocycles. The normalized spacial score (nSPS) is 18.8. The Morgan fingerprint density at radius 2 is 2.05 bits per heavy atom. The van der Waals surface area contributed by atoms with Crippen molar-refractivity contribution in [3.63, 3.8) is 0 Å². The number of carboxylic acid groups (broad SMARTS) is 1. The average molecular weight is 298 g/mol. The van der Waals surface area contributed by atoms with E-state index in [1.165, 1.54) is 19.3 Å². The Morgan fingerprint density at radius 1 is 1.33 bits per heavy atom. The van der Waals surface area contributed by atoms with Crippen molar-refractivity contribution in [1.82, 2.24) is 10.2 Å². The molecule has 1 rings (SSSR count). The lowest BCUT2D eigenvalue weighted by atomic mass is 9.87. The highest BCUT2D eigenvalue weighted by molar-refractivity contribution is 5.74. The first-order valence-electron chi connectivity index (χ1n) is 8.08. The van der Waals surface area contributed by atoms with Crippen LogP contribution in [0.1, 0.15) is 59.3 Å². The molecule has 21 heavy (non-hydrogen) atoms. The van der Waals surface area contributed by atoms with E-state index in [0.29, 0.717) is 19.6 Å². The lowest BCUT2D eigenvalue weighted by Gasteiger charge is -2.26. The fraction of sp³-hybridized carbons (Fsp3) is 0.875. The molecule has 0 aliphatic carbocycles. The van der Waals surface area contributed by atoms with Crippen molar-refractivity contribution in [2.75, 3.05) is 19.6 Å². The second kappa shape index (κ2) is 8.25. The van der Waals surface area contributed by atoms with Gasteiger partial charge in [-0.05, 0) is 24.2 Å². The molecular weight excluding hydrogens is 268 g/mol. The number of hydrogen-bond acceptors (Lipinski definition) is 2. The van der Waals surface area contributed by atoms with Gasteiger partial charge in [0.2, 0.25) is 0 Å². The van der Waals surface area contributed by atoms with Gasteiger partial charge in [0.1, 0.15) is 0 Å². The van der Waals surface area contributed by atoms with Crippen molar-refractivity contribution < 1.29 is 14.7 Å². The van der Waals surface area contributed by atoms with E-state index in [-0.39, 0.29) is 23.8 Å². The fourth-order valence-electron chi connectivity index (χ4n) is 2.80. The molecule has 0 spiro atoms. The minimum absolute atomic E-state index is 0.0496. The van der Waals surface area contributed by atoms with Gasteiger partial charge in [0.05, 0.1) is 0 Å². The highest BCUT2D eigenvalue weighted by atomic mass is 16.4. The van der Waals surface area contributed by atoms with Gasteiger partial charge >= 0.3 is 12.0 Å². The highest BCUT2D eigenvalue weighted by Gasteiger charge is 2.28. The van der Waals surface area contributed by atoms with Gasteiger partial charge in [-0.3, -0.25) is 4.79 Å². The van der Waals surface area contributed by atoms with E-state index in [0.717, 1.165) is 12.8 Å². The molecule has 5 heteroatoms. The Labute approximate surface area is 128 Å². The molecule has 1 fully saturated rings. The summed E-state index contributed by atoms with van der Waals surface area (Å²) in [5, 5.41) is 11.8. The van der Waals surface area contributed by atoms with Crippen LogP contribution in [0.2, 0.25) is 0 Å². The number of carbonyl (C=O) groups excluding carboxylic acids is 1. The van der Waals surface area contributed by atoms with Crippen molar-refractivity contribution in [1.29, 1.82) is 0 Å². The summed E-state index contributed by atoms with van der Waals surface area (Å²) in [6.07, 6.45) is 5.71. The van der Waals surface area contributed by atoms with Crippen LogP contribution in [0.5, 0.6) is 0 Å². The molecule has 0 radical (unpaired) electrons. The summed E-state index contributed by atoms with van der Waals surface area (Å²) in [7, 11) is 0. The quantitative estimate of drug-likeness (QED) is 0.676.